The summed E-state index contributed by atoms with van der Waals surface area (Å²) in [6.45, 7) is 0. The zero-order valence-corrected chi connectivity index (χ0v) is 31.5. The van der Waals surface area contributed by atoms with Gasteiger partial charge in [0, 0.05) is 44.3 Å². The summed E-state index contributed by atoms with van der Waals surface area (Å²) in [5, 5.41) is 10.4. The molecule has 268 valence electrons. The quantitative estimate of drug-likeness (QED) is 0.124. The summed E-state index contributed by atoms with van der Waals surface area (Å²) < 4.78 is 0. The van der Waals surface area contributed by atoms with Gasteiger partial charge in [0.1, 0.15) is 0 Å². The molecule has 0 fully saturated rings. The standard InChI is InChI=1S/C56H34N2/c1-5-17-35(18-6-1)57(36-19-7-2-8-20-36)49-33-47-41-27-15-13-25-39(41)43-30-32-46-54-50(58(37-21-9-3-10-22-37)38-23-11-4-12-24-38)34-48-42-28-16-14-26-40(42)44-29-31-45(56(54)52(44)48)53(49)55(46)51(43)47/h1-34H. The van der Waals surface area contributed by atoms with Gasteiger partial charge in [0.25, 0.3) is 0 Å². The molecule has 0 N–H and O–H groups in total. The second kappa shape index (κ2) is 11.9. The molecule has 0 unspecified atom stereocenters. The monoisotopic (exact) mass is 734 g/mol. The van der Waals surface area contributed by atoms with Crippen LogP contribution in [0.4, 0.5) is 34.1 Å². The number of hydrogen-bond donors (Lipinski definition) is 0. The van der Waals surface area contributed by atoms with Crippen LogP contribution >= 0.6 is 0 Å². The number of benzene rings is 11. The Morgan fingerprint density at radius 3 is 0.828 bits per heavy atom. The lowest BCUT2D eigenvalue weighted by atomic mass is 9.84. The molecular formula is C56H34N2. The SMILES string of the molecule is c1ccc(N(c2ccccc2)c2cc3c4c(ccc5c6c(N(c7ccccc7)c7ccccc7)cc7c8c(ccc(c2c45)c86)-c2ccccc2-7)-c2ccccc2-3)cc1. The highest BCUT2D eigenvalue weighted by Gasteiger charge is 2.33. The molecule has 11 aromatic rings. The van der Waals surface area contributed by atoms with Crippen LogP contribution in [0.15, 0.2) is 206 Å². The molecule has 0 bridgehead atoms. The Morgan fingerprint density at radius 1 is 0.207 bits per heavy atom. The van der Waals surface area contributed by atoms with Gasteiger partial charge in [0.15, 0.2) is 0 Å². The highest BCUT2D eigenvalue weighted by Crippen LogP contribution is 2.60. The Kier molecular flexibility index (Phi) is 6.47. The Hall–Kier alpha value is -7.68. The summed E-state index contributed by atoms with van der Waals surface area (Å²) in [5.74, 6) is 0. The topological polar surface area (TPSA) is 6.48 Å². The maximum Gasteiger partial charge on any atom is 0.0553 e. The molecule has 2 nitrogen and oxygen atoms in total. The first-order valence-electron chi connectivity index (χ1n) is 20.1. The van der Waals surface area contributed by atoms with E-state index in [-0.39, 0.29) is 0 Å². The summed E-state index contributed by atoms with van der Waals surface area (Å²) in [6.07, 6.45) is 0. The molecule has 0 aliphatic heterocycles. The van der Waals surface area contributed by atoms with E-state index in [1.165, 1.54) is 99.0 Å². The van der Waals surface area contributed by atoms with Crippen molar-refractivity contribution in [2.75, 3.05) is 9.80 Å². The van der Waals surface area contributed by atoms with E-state index in [2.05, 4.69) is 216 Å². The van der Waals surface area contributed by atoms with E-state index in [1.54, 1.807) is 0 Å². The van der Waals surface area contributed by atoms with Gasteiger partial charge in [0.05, 0.1) is 11.4 Å². The van der Waals surface area contributed by atoms with Gasteiger partial charge in [-0.3, -0.25) is 0 Å². The van der Waals surface area contributed by atoms with Crippen LogP contribution in [0.1, 0.15) is 0 Å². The lowest BCUT2D eigenvalue weighted by molar-refractivity contribution is 1.30. The largest absolute Gasteiger partial charge is 0.310 e. The number of anilines is 6. The lowest BCUT2D eigenvalue weighted by Gasteiger charge is -2.31. The van der Waals surface area contributed by atoms with E-state index in [4.69, 9.17) is 0 Å². The molecule has 13 rings (SSSR count). The summed E-state index contributed by atoms with van der Waals surface area (Å²) in [4.78, 5) is 4.96. The van der Waals surface area contributed by atoms with Crippen molar-refractivity contribution in [1.29, 1.82) is 0 Å². The number of hydrogen-bond acceptors (Lipinski definition) is 2. The lowest BCUT2D eigenvalue weighted by Crippen LogP contribution is -2.12. The third-order valence-corrected chi connectivity index (χ3v) is 12.6. The van der Waals surface area contributed by atoms with Gasteiger partial charge in [-0.25, -0.2) is 0 Å². The highest BCUT2D eigenvalue weighted by molar-refractivity contribution is 6.44. The Labute approximate surface area is 336 Å². The van der Waals surface area contributed by atoms with Crippen molar-refractivity contribution in [1.82, 2.24) is 0 Å². The van der Waals surface area contributed by atoms with Crippen molar-refractivity contribution in [2.24, 2.45) is 0 Å². The molecule has 2 heteroatoms. The molecule has 11 aromatic carbocycles. The molecule has 0 saturated carbocycles. The van der Waals surface area contributed by atoms with Crippen LogP contribution in [0.2, 0.25) is 0 Å². The predicted molar refractivity (Wildman–Crippen MR) is 246 cm³/mol. The Morgan fingerprint density at radius 2 is 0.500 bits per heavy atom. The summed E-state index contributed by atoms with van der Waals surface area (Å²) in [6, 6.07) is 76.1. The minimum atomic E-state index is 1.13. The number of para-hydroxylation sites is 4. The first-order valence-corrected chi connectivity index (χ1v) is 20.1. The molecule has 0 radical (unpaired) electrons. The van der Waals surface area contributed by atoms with Crippen LogP contribution in [-0.4, -0.2) is 0 Å². The van der Waals surface area contributed by atoms with Gasteiger partial charge < -0.3 is 9.80 Å². The minimum Gasteiger partial charge on any atom is -0.310 e. The second-order valence-electron chi connectivity index (χ2n) is 15.6. The van der Waals surface area contributed by atoms with Crippen molar-refractivity contribution in [3.63, 3.8) is 0 Å². The first-order chi connectivity index (χ1) is 28.8. The van der Waals surface area contributed by atoms with Crippen LogP contribution < -0.4 is 9.80 Å². The maximum absolute atomic E-state index is 2.49. The van der Waals surface area contributed by atoms with Gasteiger partial charge in [-0.05, 0) is 127 Å². The van der Waals surface area contributed by atoms with Gasteiger partial charge in [-0.1, -0.05) is 146 Å². The fraction of sp³-hybridized carbons (Fsp3) is 0. The molecule has 2 aliphatic rings. The Balaban J connectivity index is 1.29. The fourth-order valence-electron chi connectivity index (χ4n) is 10.4. The van der Waals surface area contributed by atoms with Crippen molar-refractivity contribution >= 4 is 77.2 Å². The van der Waals surface area contributed by atoms with Crippen LogP contribution in [0.25, 0.3) is 87.6 Å². The highest BCUT2D eigenvalue weighted by atomic mass is 15.2. The molecule has 2 aliphatic carbocycles. The van der Waals surface area contributed by atoms with Crippen LogP contribution in [0, 0.1) is 0 Å². The van der Waals surface area contributed by atoms with Gasteiger partial charge >= 0.3 is 0 Å². The molecule has 0 aromatic heterocycles. The molecule has 0 atom stereocenters. The smallest absolute Gasteiger partial charge is 0.0553 e. The molecule has 58 heavy (non-hydrogen) atoms. The molecule has 0 amide bonds. The van der Waals surface area contributed by atoms with Crippen molar-refractivity contribution in [3.05, 3.63) is 206 Å². The van der Waals surface area contributed by atoms with Gasteiger partial charge in [0.2, 0.25) is 0 Å². The first kappa shape index (κ1) is 31.5. The van der Waals surface area contributed by atoms with E-state index in [0.29, 0.717) is 0 Å². The molecule has 0 spiro atoms. The van der Waals surface area contributed by atoms with E-state index in [1.807, 2.05) is 0 Å². The van der Waals surface area contributed by atoms with Crippen molar-refractivity contribution in [3.8, 4) is 44.5 Å². The summed E-state index contributed by atoms with van der Waals surface area (Å²) in [7, 11) is 0. The number of rotatable bonds is 6. The normalized spacial score (nSPS) is 12.1. The average molecular weight is 735 g/mol. The third kappa shape index (κ3) is 4.21. The average Bonchev–Trinajstić information content (AvgIpc) is 3.80. The van der Waals surface area contributed by atoms with Crippen LogP contribution in [0.5, 0.6) is 0 Å². The van der Waals surface area contributed by atoms with Gasteiger partial charge in [-0.2, -0.15) is 0 Å². The van der Waals surface area contributed by atoms with Gasteiger partial charge in [-0.15, -0.1) is 0 Å². The minimum absolute atomic E-state index is 1.13. The second-order valence-corrected chi connectivity index (χ2v) is 15.6. The van der Waals surface area contributed by atoms with E-state index in [9.17, 15) is 0 Å². The predicted octanol–water partition coefficient (Wildman–Crippen LogP) is 16.0. The number of nitrogens with zero attached hydrogens (tertiary/aromatic N) is 2. The fourth-order valence-corrected chi connectivity index (χ4v) is 10.4. The van der Waals surface area contributed by atoms with Crippen molar-refractivity contribution < 1.29 is 0 Å². The van der Waals surface area contributed by atoms with E-state index >= 15 is 0 Å². The molecular weight excluding hydrogens is 701 g/mol. The maximum atomic E-state index is 2.49. The molecule has 0 heterocycles. The third-order valence-electron chi connectivity index (χ3n) is 12.6. The van der Waals surface area contributed by atoms with E-state index in [0.717, 1.165) is 22.7 Å². The summed E-state index contributed by atoms with van der Waals surface area (Å²) in [5.41, 5.74) is 17.2. The van der Waals surface area contributed by atoms with Crippen molar-refractivity contribution in [2.45, 2.75) is 0 Å². The number of fused-ring (bicyclic) bond motifs is 8. The van der Waals surface area contributed by atoms with Crippen LogP contribution in [0.3, 0.4) is 0 Å². The van der Waals surface area contributed by atoms with E-state index < -0.39 is 0 Å². The zero-order chi connectivity index (χ0) is 37.9. The van der Waals surface area contributed by atoms with Crippen LogP contribution in [-0.2, 0) is 0 Å². The zero-order valence-electron chi connectivity index (χ0n) is 31.5. The molecule has 0 saturated heterocycles. The Bertz CT molecular complexity index is 3120. The summed E-state index contributed by atoms with van der Waals surface area (Å²) >= 11 is 0.